The summed E-state index contributed by atoms with van der Waals surface area (Å²) in [5.41, 5.74) is 0.337. The number of hydrogen-bond acceptors (Lipinski definition) is 6. The molecule has 1 N–H and O–H groups in total. The lowest BCUT2D eigenvalue weighted by atomic mass is 9.94. The molecule has 31 heavy (non-hydrogen) atoms. The number of piperidine rings is 1. The Labute approximate surface area is 180 Å². The van der Waals surface area contributed by atoms with Gasteiger partial charge in [-0.05, 0) is 32.3 Å². The zero-order valence-corrected chi connectivity index (χ0v) is 18.1. The molecule has 1 amide bonds. The first kappa shape index (κ1) is 22.8. The van der Waals surface area contributed by atoms with Crippen molar-refractivity contribution in [3.05, 3.63) is 65.0 Å². The topological polar surface area (TPSA) is 92.3 Å². The predicted molar refractivity (Wildman–Crippen MR) is 113 cm³/mol. The standard InChI is InChI=1S/C21H24F2N4O3S/c1-14(9-11-31(2,29)30)26-21(28)17-12-25-19(13-24-17)27-10-4-3-8-18(27)15-6-5-7-16(22)20(15)23/h5-7,9,11-14,18H,3-4,8,10H2,1-2H3,(H,26,28)/b11-9+/t14-,18+/m1/s1. The summed E-state index contributed by atoms with van der Waals surface area (Å²) in [4.78, 5) is 22.7. The third kappa shape index (κ3) is 5.84. The highest BCUT2D eigenvalue weighted by molar-refractivity contribution is 7.93. The van der Waals surface area contributed by atoms with E-state index in [9.17, 15) is 22.0 Å². The Morgan fingerprint density at radius 1 is 1.26 bits per heavy atom. The second-order valence-electron chi connectivity index (χ2n) is 7.53. The zero-order valence-electron chi connectivity index (χ0n) is 17.3. The Balaban J connectivity index is 1.75. The third-order valence-corrected chi connectivity index (χ3v) is 5.63. The summed E-state index contributed by atoms with van der Waals surface area (Å²) in [7, 11) is -3.29. The van der Waals surface area contributed by atoms with Crippen LogP contribution in [0.2, 0.25) is 0 Å². The summed E-state index contributed by atoms with van der Waals surface area (Å²) in [6.07, 6.45) is 7.57. The number of nitrogens with one attached hydrogen (secondary N) is 1. The van der Waals surface area contributed by atoms with E-state index < -0.39 is 33.4 Å². The van der Waals surface area contributed by atoms with E-state index in [1.54, 1.807) is 13.0 Å². The number of benzene rings is 1. The van der Waals surface area contributed by atoms with E-state index in [1.807, 2.05) is 4.90 Å². The Kier molecular flexibility index (Phi) is 6.99. The molecule has 0 spiro atoms. The quantitative estimate of drug-likeness (QED) is 0.727. The molecule has 0 bridgehead atoms. The third-order valence-electron chi connectivity index (χ3n) is 4.98. The summed E-state index contributed by atoms with van der Waals surface area (Å²) in [6, 6.07) is 3.25. The van der Waals surface area contributed by atoms with Crippen LogP contribution in [0.4, 0.5) is 14.6 Å². The second kappa shape index (κ2) is 9.51. The van der Waals surface area contributed by atoms with Crippen molar-refractivity contribution in [3.63, 3.8) is 0 Å². The highest BCUT2D eigenvalue weighted by Crippen LogP contribution is 2.35. The van der Waals surface area contributed by atoms with Gasteiger partial charge in [0.2, 0.25) is 0 Å². The lowest BCUT2D eigenvalue weighted by Crippen LogP contribution is -2.35. The Morgan fingerprint density at radius 2 is 2.03 bits per heavy atom. The van der Waals surface area contributed by atoms with Crippen molar-refractivity contribution in [1.29, 1.82) is 0 Å². The van der Waals surface area contributed by atoms with Crippen molar-refractivity contribution in [2.45, 2.75) is 38.3 Å². The molecule has 0 unspecified atom stereocenters. The molecular formula is C21H24F2N4O3S. The summed E-state index contributed by atoms with van der Waals surface area (Å²) >= 11 is 0. The van der Waals surface area contributed by atoms with Gasteiger partial charge in [-0.3, -0.25) is 4.79 Å². The fourth-order valence-electron chi connectivity index (χ4n) is 3.48. The van der Waals surface area contributed by atoms with E-state index in [0.717, 1.165) is 30.6 Å². The number of carbonyl (C=O) groups excluding carboxylic acids is 1. The smallest absolute Gasteiger partial charge is 0.271 e. The van der Waals surface area contributed by atoms with Crippen LogP contribution in [0.25, 0.3) is 0 Å². The van der Waals surface area contributed by atoms with Crippen LogP contribution in [-0.2, 0) is 9.84 Å². The number of hydrogen-bond donors (Lipinski definition) is 1. The average Bonchev–Trinajstić information content (AvgIpc) is 2.74. The number of amides is 1. The molecule has 2 heterocycles. The lowest BCUT2D eigenvalue weighted by molar-refractivity contribution is 0.0941. The molecule has 3 rings (SSSR count). The normalized spacial score (nSPS) is 18.2. The highest BCUT2D eigenvalue weighted by Gasteiger charge is 2.28. The fraction of sp³-hybridized carbons (Fsp3) is 0.381. The van der Waals surface area contributed by atoms with Crippen LogP contribution in [0.15, 0.2) is 42.1 Å². The van der Waals surface area contributed by atoms with Crippen LogP contribution < -0.4 is 10.2 Å². The summed E-state index contributed by atoms with van der Waals surface area (Å²) < 4.78 is 50.4. The van der Waals surface area contributed by atoms with Crippen LogP contribution in [0, 0.1) is 11.6 Å². The average molecular weight is 451 g/mol. The van der Waals surface area contributed by atoms with Crippen LogP contribution in [-0.4, -0.2) is 43.1 Å². The molecular weight excluding hydrogens is 426 g/mol. The van der Waals surface area contributed by atoms with Crippen LogP contribution in [0.5, 0.6) is 0 Å². The summed E-state index contributed by atoms with van der Waals surface area (Å²) in [6.45, 7) is 2.24. The zero-order chi connectivity index (χ0) is 22.6. The van der Waals surface area contributed by atoms with E-state index in [1.165, 1.54) is 24.5 Å². The van der Waals surface area contributed by atoms with E-state index in [4.69, 9.17) is 0 Å². The second-order valence-corrected chi connectivity index (χ2v) is 9.46. The van der Waals surface area contributed by atoms with Gasteiger partial charge in [-0.1, -0.05) is 18.2 Å². The molecule has 1 saturated heterocycles. The van der Waals surface area contributed by atoms with Gasteiger partial charge in [0.25, 0.3) is 5.91 Å². The first-order valence-corrected chi connectivity index (χ1v) is 11.8. The molecule has 2 atom stereocenters. The maximum atomic E-state index is 14.4. The van der Waals surface area contributed by atoms with Crippen molar-refractivity contribution < 1.29 is 22.0 Å². The largest absolute Gasteiger partial charge is 0.348 e. The van der Waals surface area contributed by atoms with Crippen LogP contribution in [0.1, 0.15) is 48.3 Å². The predicted octanol–water partition coefficient (Wildman–Crippen LogP) is 3.16. The number of aromatic nitrogens is 2. The fourth-order valence-corrected chi connectivity index (χ4v) is 4.00. The van der Waals surface area contributed by atoms with Crippen molar-refractivity contribution in [1.82, 2.24) is 15.3 Å². The van der Waals surface area contributed by atoms with Gasteiger partial charge in [-0.2, -0.15) is 0 Å². The molecule has 7 nitrogen and oxygen atoms in total. The van der Waals surface area contributed by atoms with Crippen molar-refractivity contribution in [2.24, 2.45) is 0 Å². The van der Waals surface area contributed by atoms with Gasteiger partial charge in [0.05, 0.1) is 18.4 Å². The van der Waals surface area contributed by atoms with Crippen molar-refractivity contribution in [2.75, 3.05) is 17.7 Å². The maximum Gasteiger partial charge on any atom is 0.271 e. The minimum Gasteiger partial charge on any atom is -0.348 e. The molecule has 0 radical (unpaired) electrons. The van der Waals surface area contributed by atoms with Gasteiger partial charge in [0.15, 0.2) is 21.5 Å². The minimum absolute atomic E-state index is 0.0638. The number of halogens is 2. The van der Waals surface area contributed by atoms with E-state index in [0.29, 0.717) is 18.8 Å². The number of carbonyl (C=O) groups is 1. The molecule has 0 aliphatic carbocycles. The molecule has 0 saturated carbocycles. The minimum atomic E-state index is -3.29. The lowest BCUT2D eigenvalue weighted by Gasteiger charge is -2.37. The van der Waals surface area contributed by atoms with Crippen LogP contribution in [0.3, 0.4) is 0 Å². The maximum absolute atomic E-state index is 14.4. The molecule has 1 aromatic heterocycles. The number of nitrogens with zero attached hydrogens (tertiary/aromatic N) is 3. The number of anilines is 1. The van der Waals surface area contributed by atoms with Crippen molar-refractivity contribution >= 4 is 21.6 Å². The molecule has 166 valence electrons. The van der Waals surface area contributed by atoms with Crippen LogP contribution >= 0.6 is 0 Å². The van der Waals surface area contributed by atoms with Gasteiger partial charge in [-0.15, -0.1) is 0 Å². The van der Waals surface area contributed by atoms with E-state index in [-0.39, 0.29) is 17.3 Å². The van der Waals surface area contributed by atoms with Gasteiger partial charge >= 0.3 is 0 Å². The van der Waals surface area contributed by atoms with Gasteiger partial charge < -0.3 is 10.2 Å². The first-order valence-electron chi connectivity index (χ1n) is 9.87. The Bertz CT molecular complexity index is 1070. The first-order chi connectivity index (χ1) is 14.7. The van der Waals surface area contributed by atoms with E-state index >= 15 is 0 Å². The van der Waals surface area contributed by atoms with E-state index in [2.05, 4.69) is 15.3 Å². The monoisotopic (exact) mass is 450 g/mol. The number of sulfone groups is 1. The summed E-state index contributed by atoms with van der Waals surface area (Å²) in [5, 5.41) is 3.64. The van der Waals surface area contributed by atoms with Crippen molar-refractivity contribution in [3.8, 4) is 0 Å². The molecule has 1 aliphatic rings. The molecule has 10 heteroatoms. The SMILES string of the molecule is C[C@H](/C=C/S(C)(=O)=O)NC(=O)c1cnc(N2CCCC[C@H]2c2cccc(F)c2F)cn1. The molecule has 1 fully saturated rings. The molecule has 1 aromatic carbocycles. The summed E-state index contributed by atoms with van der Waals surface area (Å²) in [5.74, 6) is -1.79. The molecule has 2 aromatic rings. The van der Waals surface area contributed by atoms with Gasteiger partial charge in [-0.25, -0.2) is 27.2 Å². The number of rotatable bonds is 6. The van der Waals surface area contributed by atoms with Gasteiger partial charge in [0, 0.05) is 29.8 Å². The molecule has 1 aliphatic heterocycles. The van der Waals surface area contributed by atoms with Gasteiger partial charge in [0.1, 0.15) is 11.5 Å². The Morgan fingerprint density at radius 3 is 2.71 bits per heavy atom. The highest BCUT2D eigenvalue weighted by atomic mass is 32.2. The Hall–Kier alpha value is -2.88.